The van der Waals surface area contributed by atoms with Gasteiger partial charge in [0.1, 0.15) is 0 Å². The molecule has 0 aliphatic carbocycles. The fourth-order valence-electron chi connectivity index (χ4n) is 1.97. The van der Waals surface area contributed by atoms with Crippen molar-refractivity contribution in [1.29, 1.82) is 0 Å². The van der Waals surface area contributed by atoms with Crippen LogP contribution in [0.25, 0.3) is 0 Å². The predicted molar refractivity (Wildman–Crippen MR) is 70.0 cm³/mol. The Kier molecular flexibility index (Phi) is 4.55. The van der Waals surface area contributed by atoms with Crippen molar-refractivity contribution in [3.8, 4) is 0 Å². The second kappa shape index (κ2) is 6.36. The average molecular weight is 262 g/mol. The van der Waals surface area contributed by atoms with E-state index in [1.165, 1.54) is 0 Å². The molecule has 0 saturated carbocycles. The van der Waals surface area contributed by atoms with E-state index in [4.69, 9.17) is 9.47 Å². The number of esters is 2. The second-order valence-electron chi connectivity index (χ2n) is 4.91. The number of ether oxygens (including phenoxy) is 2. The summed E-state index contributed by atoms with van der Waals surface area (Å²) in [6, 6.07) is 6.37. The van der Waals surface area contributed by atoms with Gasteiger partial charge in [-0.25, -0.2) is 9.59 Å². The van der Waals surface area contributed by atoms with Crippen molar-refractivity contribution >= 4 is 11.9 Å². The number of carbonyl (C=O) groups is 2. The van der Waals surface area contributed by atoms with E-state index in [1.54, 1.807) is 24.3 Å². The van der Waals surface area contributed by atoms with Gasteiger partial charge in [0.2, 0.25) is 0 Å². The number of hydrogen-bond donors (Lipinski definition) is 0. The van der Waals surface area contributed by atoms with Gasteiger partial charge in [-0.2, -0.15) is 0 Å². The van der Waals surface area contributed by atoms with E-state index < -0.39 is 0 Å². The van der Waals surface area contributed by atoms with E-state index in [9.17, 15) is 9.59 Å². The van der Waals surface area contributed by atoms with Crippen molar-refractivity contribution in [2.45, 2.75) is 26.2 Å². The van der Waals surface area contributed by atoms with Crippen LogP contribution in [-0.4, -0.2) is 25.2 Å². The zero-order valence-electron chi connectivity index (χ0n) is 11.1. The molecule has 0 fully saturated rings. The Bertz CT molecular complexity index is 450. The third-order valence-corrected chi connectivity index (χ3v) is 3.18. The quantitative estimate of drug-likeness (QED) is 0.675. The summed E-state index contributed by atoms with van der Waals surface area (Å²) in [5, 5.41) is 0. The Hall–Kier alpha value is -1.84. The fraction of sp³-hybridized carbons (Fsp3) is 0.467. The van der Waals surface area contributed by atoms with E-state index in [2.05, 4.69) is 0 Å². The predicted octanol–water partition coefficient (Wildman–Crippen LogP) is 2.82. The minimum Gasteiger partial charge on any atom is -0.462 e. The lowest BCUT2D eigenvalue weighted by molar-refractivity contribution is 0.0424. The summed E-state index contributed by atoms with van der Waals surface area (Å²) < 4.78 is 10.4. The standard InChI is InChI=1S/C15H18O4/c1-11-4-2-3-9-18-14(16)12-5-7-13(8-6-12)15(17)19-10-11/h5-8,11H,2-4,9-10H2,1H3. The van der Waals surface area contributed by atoms with E-state index in [0.29, 0.717) is 30.3 Å². The molecule has 0 radical (unpaired) electrons. The van der Waals surface area contributed by atoms with Crippen LogP contribution < -0.4 is 0 Å². The first-order valence-electron chi connectivity index (χ1n) is 6.61. The van der Waals surface area contributed by atoms with Gasteiger partial charge in [-0.1, -0.05) is 6.92 Å². The number of carbonyl (C=O) groups excluding carboxylic acids is 2. The molecule has 2 aliphatic heterocycles. The van der Waals surface area contributed by atoms with Crippen molar-refractivity contribution in [3.63, 3.8) is 0 Å². The highest BCUT2D eigenvalue weighted by Crippen LogP contribution is 2.13. The summed E-state index contributed by atoms with van der Waals surface area (Å²) in [6.07, 6.45) is 2.76. The molecular formula is C15H18O4. The van der Waals surface area contributed by atoms with Crippen molar-refractivity contribution < 1.29 is 19.1 Å². The number of hydrogen-bond acceptors (Lipinski definition) is 4. The molecule has 2 bridgehead atoms. The van der Waals surface area contributed by atoms with Gasteiger partial charge in [0.15, 0.2) is 0 Å². The van der Waals surface area contributed by atoms with Crippen LogP contribution in [0, 0.1) is 5.92 Å². The lowest BCUT2D eigenvalue weighted by Gasteiger charge is -2.13. The molecule has 0 spiro atoms. The van der Waals surface area contributed by atoms with Gasteiger partial charge in [-0.05, 0) is 49.4 Å². The Morgan fingerprint density at radius 2 is 1.53 bits per heavy atom. The highest BCUT2D eigenvalue weighted by Gasteiger charge is 2.13. The van der Waals surface area contributed by atoms with Crippen LogP contribution in [0.5, 0.6) is 0 Å². The van der Waals surface area contributed by atoms with Crippen molar-refractivity contribution in [2.24, 2.45) is 5.92 Å². The first-order chi connectivity index (χ1) is 9.16. The van der Waals surface area contributed by atoms with Gasteiger partial charge < -0.3 is 9.47 Å². The maximum Gasteiger partial charge on any atom is 0.338 e. The first kappa shape index (κ1) is 13.6. The molecule has 3 rings (SSSR count). The molecule has 2 heterocycles. The van der Waals surface area contributed by atoms with Gasteiger partial charge in [0, 0.05) is 0 Å². The summed E-state index contributed by atoms with van der Waals surface area (Å²) in [5.41, 5.74) is 0.919. The highest BCUT2D eigenvalue weighted by atomic mass is 16.5. The molecule has 102 valence electrons. The Morgan fingerprint density at radius 1 is 0.947 bits per heavy atom. The van der Waals surface area contributed by atoms with E-state index in [1.807, 2.05) is 6.92 Å². The minimum absolute atomic E-state index is 0.321. The molecule has 1 unspecified atom stereocenters. The molecule has 4 nitrogen and oxygen atoms in total. The van der Waals surface area contributed by atoms with E-state index in [0.717, 1.165) is 19.3 Å². The molecule has 1 atom stereocenters. The normalized spacial score (nSPS) is 21.4. The van der Waals surface area contributed by atoms with Gasteiger partial charge in [0.25, 0.3) is 0 Å². The van der Waals surface area contributed by atoms with E-state index in [-0.39, 0.29) is 11.9 Å². The van der Waals surface area contributed by atoms with Gasteiger partial charge in [-0.15, -0.1) is 0 Å². The lowest BCUT2D eigenvalue weighted by Crippen LogP contribution is -2.14. The molecule has 0 amide bonds. The van der Waals surface area contributed by atoms with Gasteiger partial charge in [-0.3, -0.25) is 0 Å². The van der Waals surface area contributed by atoms with Crippen LogP contribution in [0.15, 0.2) is 24.3 Å². The summed E-state index contributed by atoms with van der Waals surface area (Å²) >= 11 is 0. The summed E-state index contributed by atoms with van der Waals surface area (Å²) in [7, 11) is 0. The first-order valence-corrected chi connectivity index (χ1v) is 6.61. The SMILES string of the molecule is CC1CCCCOC(=O)c2ccc(cc2)C(=O)OC1. The molecule has 0 saturated heterocycles. The molecule has 1 aromatic carbocycles. The lowest BCUT2D eigenvalue weighted by atomic mass is 10.1. The molecular weight excluding hydrogens is 244 g/mol. The second-order valence-corrected chi connectivity index (χ2v) is 4.91. The summed E-state index contributed by atoms with van der Waals surface area (Å²) in [6.45, 7) is 2.92. The maximum absolute atomic E-state index is 11.8. The van der Waals surface area contributed by atoms with Crippen LogP contribution >= 0.6 is 0 Å². The zero-order chi connectivity index (χ0) is 13.7. The summed E-state index contributed by atoms with van der Waals surface area (Å²) in [5.74, 6) is -0.365. The Labute approximate surface area is 112 Å². The smallest absolute Gasteiger partial charge is 0.338 e. The van der Waals surface area contributed by atoms with Crippen LogP contribution in [0.2, 0.25) is 0 Å². The number of benzene rings is 1. The van der Waals surface area contributed by atoms with E-state index >= 15 is 0 Å². The van der Waals surface area contributed by atoms with Crippen LogP contribution in [0.4, 0.5) is 0 Å². The Morgan fingerprint density at radius 3 is 2.16 bits per heavy atom. The molecule has 19 heavy (non-hydrogen) atoms. The molecule has 4 heteroatoms. The third-order valence-electron chi connectivity index (χ3n) is 3.18. The maximum atomic E-state index is 11.8. The van der Waals surface area contributed by atoms with Gasteiger partial charge >= 0.3 is 11.9 Å². The van der Waals surface area contributed by atoms with Crippen LogP contribution in [0.1, 0.15) is 46.9 Å². The van der Waals surface area contributed by atoms with Crippen molar-refractivity contribution in [1.82, 2.24) is 0 Å². The molecule has 1 aromatic rings. The highest BCUT2D eigenvalue weighted by molar-refractivity contribution is 5.93. The largest absolute Gasteiger partial charge is 0.462 e. The molecule has 0 N–H and O–H groups in total. The molecule has 0 aromatic heterocycles. The number of rotatable bonds is 0. The van der Waals surface area contributed by atoms with Crippen LogP contribution in [-0.2, 0) is 9.47 Å². The van der Waals surface area contributed by atoms with Crippen LogP contribution in [0.3, 0.4) is 0 Å². The van der Waals surface area contributed by atoms with Crippen molar-refractivity contribution in [2.75, 3.05) is 13.2 Å². The summed E-state index contributed by atoms with van der Waals surface area (Å²) in [4.78, 5) is 23.5. The fourth-order valence-corrected chi connectivity index (χ4v) is 1.97. The zero-order valence-corrected chi connectivity index (χ0v) is 11.1. The number of fused-ring (bicyclic) bond motifs is 11. The average Bonchev–Trinajstić information content (AvgIpc) is 2.43. The monoisotopic (exact) mass is 262 g/mol. The van der Waals surface area contributed by atoms with Gasteiger partial charge in [0.05, 0.1) is 24.3 Å². The Balaban J connectivity index is 2.14. The topological polar surface area (TPSA) is 52.6 Å². The van der Waals surface area contributed by atoms with Crippen molar-refractivity contribution in [3.05, 3.63) is 35.4 Å². The third kappa shape index (κ3) is 3.81. The minimum atomic E-state index is -0.344. The molecule has 2 aliphatic rings.